The van der Waals surface area contributed by atoms with Gasteiger partial charge in [-0.2, -0.15) is 4.98 Å². The van der Waals surface area contributed by atoms with Crippen LogP contribution in [0.5, 0.6) is 0 Å². The average molecular weight is 243 g/mol. The van der Waals surface area contributed by atoms with Crippen LogP contribution < -0.4 is 11.4 Å². The second-order valence-electron chi connectivity index (χ2n) is 3.77. The summed E-state index contributed by atoms with van der Waals surface area (Å²) in [5, 5.41) is 28.2. The molecule has 0 saturated carbocycles. The normalized spacial score (nSPS) is 32.9. The van der Waals surface area contributed by atoms with E-state index in [1.54, 1.807) is 0 Å². The summed E-state index contributed by atoms with van der Waals surface area (Å²) in [4.78, 5) is 15.0. The van der Waals surface area contributed by atoms with E-state index in [1.165, 1.54) is 12.3 Å². The van der Waals surface area contributed by atoms with Crippen molar-refractivity contribution in [2.45, 2.75) is 24.5 Å². The molecule has 0 bridgehead atoms. The summed E-state index contributed by atoms with van der Waals surface area (Å²) in [7, 11) is 0. The topological polar surface area (TPSA) is 131 Å². The van der Waals surface area contributed by atoms with Crippen molar-refractivity contribution in [1.82, 2.24) is 9.55 Å². The molecule has 8 heteroatoms. The van der Waals surface area contributed by atoms with Crippen LogP contribution in [0.3, 0.4) is 0 Å². The molecule has 0 unspecified atom stereocenters. The number of aliphatic hydroxyl groups is 3. The largest absolute Gasteiger partial charge is 0.394 e. The van der Waals surface area contributed by atoms with Crippen LogP contribution in [0.15, 0.2) is 17.1 Å². The van der Waals surface area contributed by atoms with Gasteiger partial charge in [-0.3, -0.25) is 4.57 Å². The van der Waals surface area contributed by atoms with E-state index in [9.17, 15) is 15.0 Å². The third kappa shape index (κ3) is 2.03. The van der Waals surface area contributed by atoms with Crippen molar-refractivity contribution in [1.29, 1.82) is 0 Å². The highest BCUT2D eigenvalue weighted by molar-refractivity contribution is 5.23. The van der Waals surface area contributed by atoms with Gasteiger partial charge in [-0.1, -0.05) is 0 Å². The maximum absolute atomic E-state index is 11.5. The summed E-state index contributed by atoms with van der Waals surface area (Å²) in [5.74, 6) is 0.0537. The van der Waals surface area contributed by atoms with Crippen molar-refractivity contribution in [2.75, 3.05) is 12.3 Å². The molecule has 1 aromatic rings. The number of nitrogen functional groups attached to an aromatic ring is 1. The van der Waals surface area contributed by atoms with Gasteiger partial charge in [0.25, 0.3) is 0 Å². The van der Waals surface area contributed by atoms with Crippen molar-refractivity contribution < 1.29 is 20.1 Å². The van der Waals surface area contributed by atoms with Crippen molar-refractivity contribution in [3.05, 3.63) is 22.7 Å². The Morgan fingerprint density at radius 2 is 2.18 bits per heavy atom. The second-order valence-corrected chi connectivity index (χ2v) is 3.77. The summed E-state index contributed by atoms with van der Waals surface area (Å²) in [6, 6.07) is 1.37. The molecule has 0 radical (unpaired) electrons. The summed E-state index contributed by atoms with van der Waals surface area (Å²) >= 11 is 0. The predicted octanol–water partition coefficient (Wildman–Crippen LogP) is -2.56. The molecule has 1 aromatic heterocycles. The van der Waals surface area contributed by atoms with Gasteiger partial charge in [0.05, 0.1) is 6.61 Å². The molecule has 1 fully saturated rings. The van der Waals surface area contributed by atoms with Gasteiger partial charge < -0.3 is 25.8 Å². The quantitative estimate of drug-likeness (QED) is 0.449. The molecule has 17 heavy (non-hydrogen) atoms. The van der Waals surface area contributed by atoms with Gasteiger partial charge in [0.2, 0.25) is 0 Å². The van der Waals surface area contributed by atoms with E-state index in [2.05, 4.69) is 4.98 Å². The van der Waals surface area contributed by atoms with Gasteiger partial charge in [0.15, 0.2) is 6.23 Å². The SMILES string of the molecule is Nc1ccn([C@@H]2O[C@@H](CO)[C@H](O)[C@@H]2O)c(=O)n1. The van der Waals surface area contributed by atoms with E-state index in [0.717, 1.165) is 4.57 Å². The molecule has 2 rings (SSSR count). The Labute approximate surface area is 95.9 Å². The molecular weight excluding hydrogens is 230 g/mol. The van der Waals surface area contributed by atoms with Crippen LogP contribution in [0, 0.1) is 0 Å². The Bertz CT molecular complexity index is 462. The summed E-state index contributed by atoms with van der Waals surface area (Å²) < 4.78 is 6.19. The minimum atomic E-state index is -1.31. The lowest BCUT2D eigenvalue weighted by molar-refractivity contribution is -0.0549. The molecule has 0 spiro atoms. The fourth-order valence-electron chi connectivity index (χ4n) is 1.73. The minimum Gasteiger partial charge on any atom is -0.394 e. The van der Waals surface area contributed by atoms with Crippen molar-refractivity contribution in [2.24, 2.45) is 0 Å². The Morgan fingerprint density at radius 1 is 1.47 bits per heavy atom. The lowest BCUT2D eigenvalue weighted by Crippen LogP contribution is -2.36. The molecule has 1 aliphatic rings. The number of hydrogen-bond acceptors (Lipinski definition) is 7. The molecule has 94 valence electrons. The van der Waals surface area contributed by atoms with E-state index in [4.69, 9.17) is 15.6 Å². The number of anilines is 1. The highest BCUT2D eigenvalue weighted by Crippen LogP contribution is 2.27. The first-order valence-corrected chi connectivity index (χ1v) is 5.01. The van der Waals surface area contributed by atoms with Crippen molar-refractivity contribution in [3.63, 3.8) is 0 Å². The number of ether oxygens (including phenoxy) is 1. The van der Waals surface area contributed by atoms with E-state index in [1.807, 2.05) is 0 Å². The van der Waals surface area contributed by atoms with E-state index in [-0.39, 0.29) is 5.82 Å². The molecule has 1 aliphatic heterocycles. The van der Waals surface area contributed by atoms with Gasteiger partial charge in [-0.15, -0.1) is 0 Å². The molecule has 8 nitrogen and oxygen atoms in total. The zero-order chi connectivity index (χ0) is 12.6. The number of aromatic nitrogens is 2. The molecule has 0 aliphatic carbocycles. The van der Waals surface area contributed by atoms with Gasteiger partial charge in [-0.25, -0.2) is 4.79 Å². The fraction of sp³-hybridized carbons (Fsp3) is 0.556. The Balaban J connectivity index is 2.32. The third-order valence-electron chi connectivity index (χ3n) is 2.64. The first-order chi connectivity index (χ1) is 8.04. The lowest BCUT2D eigenvalue weighted by Gasteiger charge is -2.16. The fourth-order valence-corrected chi connectivity index (χ4v) is 1.73. The molecule has 4 atom stereocenters. The van der Waals surface area contributed by atoms with Crippen LogP contribution in [0.2, 0.25) is 0 Å². The Kier molecular flexibility index (Phi) is 3.11. The van der Waals surface area contributed by atoms with Crippen LogP contribution in [0.4, 0.5) is 5.82 Å². The average Bonchev–Trinajstić information content (AvgIpc) is 2.57. The Hall–Kier alpha value is -1.48. The number of aliphatic hydroxyl groups excluding tert-OH is 3. The molecule has 0 amide bonds. The molecule has 1 saturated heterocycles. The Morgan fingerprint density at radius 3 is 2.71 bits per heavy atom. The molecular formula is C9H13N3O5. The zero-order valence-electron chi connectivity index (χ0n) is 8.80. The van der Waals surface area contributed by atoms with Crippen molar-refractivity contribution >= 4 is 5.82 Å². The first-order valence-electron chi connectivity index (χ1n) is 5.01. The third-order valence-corrected chi connectivity index (χ3v) is 2.64. The van der Waals surface area contributed by atoms with Crippen LogP contribution in [-0.2, 0) is 4.74 Å². The van der Waals surface area contributed by atoms with Gasteiger partial charge in [-0.05, 0) is 6.07 Å². The van der Waals surface area contributed by atoms with Gasteiger partial charge in [0.1, 0.15) is 24.1 Å². The van der Waals surface area contributed by atoms with Gasteiger partial charge >= 0.3 is 5.69 Å². The summed E-state index contributed by atoms with van der Waals surface area (Å²) in [6.07, 6.45) is -3.27. The van der Waals surface area contributed by atoms with Crippen LogP contribution >= 0.6 is 0 Å². The maximum Gasteiger partial charge on any atom is 0.351 e. The summed E-state index contributed by atoms with van der Waals surface area (Å²) in [5.41, 5.74) is 4.63. The maximum atomic E-state index is 11.5. The van der Waals surface area contributed by atoms with E-state index < -0.39 is 36.8 Å². The van der Waals surface area contributed by atoms with Gasteiger partial charge in [0, 0.05) is 6.20 Å². The van der Waals surface area contributed by atoms with Crippen LogP contribution in [0.1, 0.15) is 6.23 Å². The minimum absolute atomic E-state index is 0.0537. The smallest absolute Gasteiger partial charge is 0.351 e. The zero-order valence-corrected chi connectivity index (χ0v) is 8.80. The van der Waals surface area contributed by atoms with E-state index in [0.29, 0.717) is 0 Å². The molecule has 0 aromatic carbocycles. The van der Waals surface area contributed by atoms with Crippen molar-refractivity contribution in [3.8, 4) is 0 Å². The standard InChI is InChI=1S/C9H13N3O5/c10-5-1-2-12(9(16)11-5)8-7(15)6(14)4(3-13)17-8/h1-2,4,6-8,13-15H,3H2,(H2,10,11,16)/t4-,6-,7-,8+/m0/s1. The molecule has 5 N–H and O–H groups in total. The first kappa shape index (κ1) is 12.0. The number of nitrogens with zero attached hydrogens (tertiary/aromatic N) is 2. The van der Waals surface area contributed by atoms with E-state index >= 15 is 0 Å². The number of hydrogen-bond donors (Lipinski definition) is 4. The molecule has 2 heterocycles. The summed E-state index contributed by atoms with van der Waals surface area (Å²) in [6.45, 7) is -0.453. The highest BCUT2D eigenvalue weighted by Gasteiger charge is 2.43. The predicted molar refractivity (Wildman–Crippen MR) is 55.9 cm³/mol. The second kappa shape index (κ2) is 4.41. The van der Waals surface area contributed by atoms with Crippen LogP contribution in [-0.4, -0.2) is 49.8 Å². The van der Waals surface area contributed by atoms with Crippen LogP contribution in [0.25, 0.3) is 0 Å². The number of rotatable bonds is 2. The lowest BCUT2D eigenvalue weighted by atomic mass is 10.1. The monoisotopic (exact) mass is 243 g/mol. The number of nitrogens with two attached hydrogens (primary N) is 1. The highest BCUT2D eigenvalue weighted by atomic mass is 16.6.